The number of anilines is 2. The Morgan fingerprint density at radius 3 is 3.00 bits per heavy atom. The zero-order valence-electron chi connectivity index (χ0n) is 13.7. The fourth-order valence-electron chi connectivity index (χ4n) is 3.51. The molecule has 1 aromatic heterocycles. The van der Waals surface area contributed by atoms with Gasteiger partial charge >= 0.3 is 0 Å². The van der Waals surface area contributed by atoms with E-state index >= 15 is 0 Å². The van der Waals surface area contributed by atoms with Gasteiger partial charge in [0.05, 0.1) is 23.1 Å². The highest BCUT2D eigenvalue weighted by molar-refractivity contribution is 5.88. The molecule has 1 saturated heterocycles. The molecule has 0 bridgehead atoms. The summed E-state index contributed by atoms with van der Waals surface area (Å²) in [5.74, 6) is 0. The van der Waals surface area contributed by atoms with Crippen LogP contribution in [0.2, 0.25) is 0 Å². The lowest BCUT2D eigenvalue weighted by Crippen LogP contribution is -2.41. The Labute approximate surface area is 141 Å². The third-order valence-electron chi connectivity index (χ3n) is 4.72. The molecule has 1 aliphatic rings. The number of H-pyrrole nitrogens is 1. The maximum atomic E-state index is 6.20. The third-order valence-corrected chi connectivity index (χ3v) is 4.72. The Bertz CT molecular complexity index is 811. The minimum atomic E-state index is 0.421. The first kappa shape index (κ1) is 15.0. The molecule has 0 radical (unpaired) electrons. The summed E-state index contributed by atoms with van der Waals surface area (Å²) in [6.07, 6.45) is 4.18. The molecule has 124 valence electrons. The number of nitrogens with zero attached hydrogens (tertiary/aromatic N) is 2. The number of fused-ring (bicyclic) bond motifs is 1. The number of nitrogens with one attached hydrogen (secondary N) is 2. The van der Waals surface area contributed by atoms with Gasteiger partial charge in [-0.2, -0.15) is 5.10 Å². The van der Waals surface area contributed by atoms with Crippen LogP contribution in [0.3, 0.4) is 0 Å². The molecular weight excluding hydrogens is 298 g/mol. The van der Waals surface area contributed by atoms with E-state index in [1.165, 1.54) is 18.4 Å². The van der Waals surface area contributed by atoms with Gasteiger partial charge in [0.1, 0.15) is 0 Å². The van der Waals surface area contributed by atoms with Crippen molar-refractivity contribution in [1.29, 1.82) is 0 Å². The van der Waals surface area contributed by atoms with E-state index in [4.69, 9.17) is 5.73 Å². The summed E-state index contributed by atoms with van der Waals surface area (Å²) in [6, 6.07) is 15.1. The van der Waals surface area contributed by atoms with Gasteiger partial charge in [-0.1, -0.05) is 30.3 Å². The Morgan fingerprint density at radius 2 is 2.12 bits per heavy atom. The lowest BCUT2D eigenvalue weighted by atomic mass is 10.0. The molecule has 1 atom stereocenters. The predicted molar refractivity (Wildman–Crippen MR) is 98.9 cm³/mol. The predicted octanol–water partition coefficient (Wildman–Crippen LogP) is 3.22. The molecule has 1 unspecified atom stereocenters. The standard InChI is InChI=1S/C19H23N5/c20-17-9-15-11-21-23-18(15)10-19(17)22-16-7-4-8-24(13-16)12-14-5-2-1-3-6-14/h1-3,5-6,9-11,16,22H,4,7-8,12-13,20H2,(H,21,23). The number of hydrogen-bond acceptors (Lipinski definition) is 4. The molecule has 4 N–H and O–H groups in total. The Hall–Kier alpha value is -2.53. The second-order valence-corrected chi connectivity index (χ2v) is 6.60. The largest absolute Gasteiger partial charge is 0.397 e. The molecule has 1 aliphatic heterocycles. The summed E-state index contributed by atoms with van der Waals surface area (Å²) in [5, 5.41) is 11.8. The molecule has 1 fully saturated rings. The van der Waals surface area contributed by atoms with Crippen molar-refractivity contribution in [1.82, 2.24) is 15.1 Å². The van der Waals surface area contributed by atoms with Crippen LogP contribution in [0.4, 0.5) is 11.4 Å². The van der Waals surface area contributed by atoms with E-state index in [0.717, 1.165) is 41.9 Å². The van der Waals surface area contributed by atoms with Crippen molar-refractivity contribution in [3.05, 3.63) is 54.2 Å². The van der Waals surface area contributed by atoms with Crippen molar-refractivity contribution < 1.29 is 0 Å². The van der Waals surface area contributed by atoms with Gasteiger partial charge in [-0.05, 0) is 37.1 Å². The molecule has 0 aliphatic carbocycles. The lowest BCUT2D eigenvalue weighted by molar-refractivity contribution is 0.208. The van der Waals surface area contributed by atoms with Crippen LogP contribution >= 0.6 is 0 Å². The molecule has 24 heavy (non-hydrogen) atoms. The average Bonchev–Trinajstić information content (AvgIpc) is 3.03. The highest BCUT2D eigenvalue weighted by atomic mass is 15.2. The molecular formula is C19H23N5. The van der Waals surface area contributed by atoms with Gasteiger partial charge in [-0.25, -0.2) is 0 Å². The van der Waals surface area contributed by atoms with Crippen LogP contribution in [0.25, 0.3) is 10.9 Å². The van der Waals surface area contributed by atoms with E-state index in [1.54, 1.807) is 6.20 Å². The van der Waals surface area contributed by atoms with Crippen LogP contribution in [0.15, 0.2) is 48.7 Å². The lowest BCUT2D eigenvalue weighted by Gasteiger charge is -2.34. The second-order valence-electron chi connectivity index (χ2n) is 6.60. The van der Waals surface area contributed by atoms with E-state index in [1.807, 2.05) is 6.07 Å². The number of rotatable bonds is 4. The maximum Gasteiger partial charge on any atom is 0.0672 e. The van der Waals surface area contributed by atoms with Gasteiger partial charge in [0.25, 0.3) is 0 Å². The number of aromatic nitrogens is 2. The normalized spacial score (nSPS) is 18.8. The van der Waals surface area contributed by atoms with Crippen LogP contribution in [-0.2, 0) is 6.54 Å². The first-order valence-corrected chi connectivity index (χ1v) is 8.53. The Morgan fingerprint density at radius 1 is 1.25 bits per heavy atom. The van der Waals surface area contributed by atoms with E-state index in [2.05, 4.69) is 56.8 Å². The zero-order chi connectivity index (χ0) is 16.4. The Kier molecular flexibility index (Phi) is 4.09. The van der Waals surface area contributed by atoms with Crippen LogP contribution < -0.4 is 11.1 Å². The Balaban J connectivity index is 1.44. The molecule has 3 aromatic rings. The van der Waals surface area contributed by atoms with E-state index in [-0.39, 0.29) is 0 Å². The third kappa shape index (κ3) is 3.21. The van der Waals surface area contributed by atoms with Crippen LogP contribution in [0, 0.1) is 0 Å². The van der Waals surface area contributed by atoms with Gasteiger partial charge in [0.2, 0.25) is 0 Å². The first-order chi connectivity index (χ1) is 11.8. The summed E-state index contributed by atoms with van der Waals surface area (Å²) in [5.41, 5.74) is 10.4. The minimum Gasteiger partial charge on any atom is -0.397 e. The number of hydrogen-bond donors (Lipinski definition) is 3. The molecule has 2 heterocycles. The smallest absolute Gasteiger partial charge is 0.0672 e. The topological polar surface area (TPSA) is 70.0 Å². The van der Waals surface area contributed by atoms with Crippen molar-refractivity contribution in [3.63, 3.8) is 0 Å². The molecule has 5 heteroatoms. The molecule has 0 saturated carbocycles. The molecule has 2 aromatic carbocycles. The SMILES string of the molecule is Nc1cc2cn[nH]c2cc1NC1CCCN(Cc2ccccc2)C1. The molecule has 0 amide bonds. The van der Waals surface area contributed by atoms with Crippen molar-refractivity contribution >= 4 is 22.3 Å². The fraction of sp³-hybridized carbons (Fsp3) is 0.316. The quantitative estimate of drug-likeness (QED) is 0.645. The number of nitrogen functional groups attached to an aromatic ring is 1. The number of likely N-dealkylation sites (tertiary alicyclic amines) is 1. The highest BCUT2D eigenvalue weighted by Crippen LogP contribution is 2.27. The molecule has 5 nitrogen and oxygen atoms in total. The van der Waals surface area contributed by atoms with Crippen molar-refractivity contribution in [3.8, 4) is 0 Å². The van der Waals surface area contributed by atoms with E-state index in [9.17, 15) is 0 Å². The minimum absolute atomic E-state index is 0.421. The fourth-order valence-corrected chi connectivity index (χ4v) is 3.51. The van der Waals surface area contributed by atoms with Crippen LogP contribution in [0.5, 0.6) is 0 Å². The van der Waals surface area contributed by atoms with Gasteiger partial charge in [-0.3, -0.25) is 10.00 Å². The summed E-state index contributed by atoms with van der Waals surface area (Å²) in [6.45, 7) is 3.20. The van der Waals surface area contributed by atoms with Gasteiger partial charge < -0.3 is 11.1 Å². The molecule has 4 rings (SSSR count). The van der Waals surface area contributed by atoms with E-state index < -0.39 is 0 Å². The number of aromatic amines is 1. The number of nitrogens with two attached hydrogens (primary N) is 1. The van der Waals surface area contributed by atoms with Gasteiger partial charge in [0.15, 0.2) is 0 Å². The number of piperidine rings is 1. The number of benzene rings is 2. The summed E-state index contributed by atoms with van der Waals surface area (Å²) in [4.78, 5) is 2.52. The summed E-state index contributed by atoms with van der Waals surface area (Å²) in [7, 11) is 0. The molecule has 0 spiro atoms. The van der Waals surface area contributed by atoms with Gasteiger partial charge in [0, 0.05) is 24.5 Å². The van der Waals surface area contributed by atoms with Crippen molar-refractivity contribution in [2.45, 2.75) is 25.4 Å². The van der Waals surface area contributed by atoms with Crippen molar-refractivity contribution in [2.75, 3.05) is 24.1 Å². The van der Waals surface area contributed by atoms with Crippen LogP contribution in [0.1, 0.15) is 18.4 Å². The van der Waals surface area contributed by atoms with E-state index in [0.29, 0.717) is 6.04 Å². The zero-order valence-corrected chi connectivity index (χ0v) is 13.7. The van der Waals surface area contributed by atoms with Gasteiger partial charge in [-0.15, -0.1) is 0 Å². The summed E-state index contributed by atoms with van der Waals surface area (Å²) >= 11 is 0. The second kappa shape index (κ2) is 6.53. The van der Waals surface area contributed by atoms with Crippen LogP contribution in [-0.4, -0.2) is 34.2 Å². The summed E-state index contributed by atoms with van der Waals surface area (Å²) < 4.78 is 0. The van der Waals surface area contributed by atoms with Crippen molar-refractivity contribution in [2.24, 2.45) is 0 Å². The highest BCUT2D eigenvalue weighted by Gasteiger charge is 2.20. The monoisotopic (exact) mass is 321 g/mol. The average molecular weight is 321 g/mol. The first-order valence-electron chi connectivity index (χ1n) is 8.53. The maximum absolute atomic E-state index is 6.20.